The highest BCUT2D eigenvalue weighted by molar-refractivity contribution is 5.96. The number of likely N-dealkylation sites (N-methyl/N-ethyl adjacent to an activating group) is 1. The number of hydrogen-bond acceptors (Lipinski definition) is 5. The van der Waals surface area contributed by atoms with Crippen molar-refractivity contribution in [2.75, 3.05) is 46.9 Å². The molecule has 6 heteroatoms. The number of aldehydes is 1. The first-order chi connectivity index (χ1) is 10.7. The molecule has 3 heterocycles. The molecule has 1 saturated heterocycles. The van der Waals surface area contributed by atoms with Gasteiger partial charge in [0.05, 0.1) is 13.3 Å². The van der Waals surface area contributed by atoms with Crippen molar-refractivity contribution in [3.05, 3.63) is 24.0 Å². The van der Waals surface area contributed by atoms with E-state index in [0.717, 1.165) is 56.6 Å². The average molecular weight is 302 g/mol. The summed E-state index contributed by atoms with van der Waals surface area (Å²) >= 11 is 0. The molecule has 0 saturated carbocycles. The summed E-state index contributed by atoms with van der Waals surface area (Å²) in [5.74, 6) is 0.674. The zero-order chi connectivity index (χ0) is 15.5. The van der Waals surface area contributed by atoms with Gasteiger partial charge in [0.1, 0.15) is 11.4 Å². The first-order valence-corrected chi connectivity index (χ1v) is 7.60. The summed E-state index contributed by atoms with van der Waals surface area (Å²) in [5, 5.41) is 0.854. The molecule has 0 aromatic carbocycles. The van der Waals surface area contributed by atoms with Gasteiger partial charge in [0.2, 0.25) is 0 Å². The second-order valence-electron chi connectivity index (χ2n) is 5.79. The van der Waals surface area contributed by atoms with Crippen LogP contribution in [0.1, 0.15) is 10.4 Å². The molecule has 0 bridgehead atoms. The van der Waals surface area contributed by atoms with Crippen molar-refractivity contribution >= 4 is 17.3 Å². The van der Waals surface area contributed by atoms with E-state index in [1.54, 1.807) is 13.3 Å². The lowest BCUT2D eigenvalue weighted by Gasteiger charge is -2.32. The Hall–Kier alpha value is -1.92. The Balaban J connectivity index is 1.77. The maximum Gasteiger partial charge on any atom is 0.152 e. The minimum Gasteiger partial charge on any atom is -0.495 e. The lowest BCUT2D eigenvalue weighted by Crippen LogP contribution is -2.45. The van der Waals surface area contributed by atoms with Gasteiger partial charge in [-0.1, -0.05) is 0 Å². The van der Waals surface area contributed by atoms with Crippen molar-refractivity contribution in [3.8, 4) is 5.75 Å². The van der Waals surface area contributed by atoms with E-state index in [1.165, 1.54) is 0 Å². The molecular weight excluding hydrogens is 280 g/mol. The number of pyridine rings is 1. The molecule has 0 atom stereocenters. The molecule has 0 spiro atoms. The standard InChI is InChI=1S/C16H22N4O2/c1-18-3-5-19(6-4-18)7-8-20-11-13(12-21)15-9-14(22-2)10-17-16(15)20/h9-12H,3-8H2,1-2H3. The van der Waals surface area contributed by atoms with E-state index in [9.17, 15) is 4.79 Å². The summed E-state index contributed by atoms with van der Waals surface area (Å²) in [4.78, 5) is 20.5. The van der Waals surface area contributed by atoms with E-state index < -0.39 is 0 Å². The van der Waals surface area contributed by atoms with Crippen LogP contribution in [0.3, 0.4) is 0 Å². The highest BCUT2D eigenvalue weighted by atomic mass is 16.5. The van der Waals surface area contributed by atoms with E-state index in [0.29, 0.717) is 11.3 Å². The highest BCUT2D eigenvalue weighted by Crippen LogP contribution is 2.22. The normalized spacial score (nSPS) is 17.0. The van der Waals surface area contributed by atoms with Crippen LogP contribution >= 0.6 is 0 Å². The molecule has 0 amide bonds. The van der Waals surface area contributed by atoms with Gasteiger partial charge in [0.25, 0.3) is 0 Å². The average Bonchev–Trinajstić information content (AvgIpc) is 2.91. The fourth-order valence-corrected chi connectivity index (χ4v) is 2.87. The Morgan fingerprint density at radius 3 is 2.73 bits per heavy atom. The molecule has 118 valence electrons. The van der Waals surface area contributed by atoms with Crippen molar-refractivity contribution < 1.29 is 9.53 Å². The maximum absolute atomic E-state index is 11.3. The van der Waals surface area contributed by atoms with Gasteiger partial charge >= 0.3 is 0 Å². The van der Waals surface area contributed by atoms with Crippen LogP contribution in [0.5, 0.6) is 5.75 Å². The molecule has 0 N–H and O–H groups in total. The largest absolute Gasteiger partial charge is 0.495 e. The van der Waals surface area contributed by atoms with Crippen molar-refractivity contribution in [2.24, 2.45) is 0 Å². The van der Waals surface area contributed by atoms with Gasteiger partial charge in [-0.3, -0.25) is 9.69 Å². The Morgan fingerprint density at radius 2 is 2.05 bits per heavy atom. The van der Waals surface area contributed by atoms with Gasteiger partial charge in [-0.15, -0.1) is 0 Å². The summed E-state index contributed by atoms with van der Waals surface area (Å²) in [6.07, 6.45) is 4.47. The lowest BCUT2D eigenvalue weighted by molar-refractivity contribution is 0.112. The van der Waals surface area contributed by atoms with E-state index in [-0.39, 0.29) is 0 Å². The molecule has 1 aliphatic rings. The predicted octanol–water partition coefficient (Wildman–Crippen LogP) is 1.10. The second kappa shape index (κ2) is 6.46. The summed E-state index contributed by atoms with van der Waals surface area (Å²) < 4.78 is 7.26. The van der Waals surface area contributed by atoms with Gasteiger partial charge in [-0.05, 0) is 13.1 Å². The lowest BCUT2D eigenvalue weighted by atomic mass is 10.2. The number of methoxy groups -OCH3 is 1. The van der Waals surface area contributed by atoms with E-state index in [2.05, 4.69) is 26.4 Å². The van der Waals surface area contributed by atoms with Gasteiger partial charge in [-0.2, -0.15) is 0 Å². The molecule has 0 aliphatic carbocycles. The Morgan fingerprint density at radius 1 is 1.27 bits per heavy atom. The van der Waals surface area contributed by atoms with E-state index >= 15 is 0 Å². The molecule has 22 heavy (non-hydrogen) atoms. The first kappa shape index (κ1) is 15.0. The van der Waals surface area contributed by atoms with Crippen LogP contribution in [-0.4, -0.2) is 72.5 Å². The molecule has 1 fully saturated rings. The summed E-state index contributed by atoms with van der Waals surface area (Å²) in [7, 11) is 3.76. The Labute approximate surface area is 130 Å². The molecule has 0 unspecified atom stereocenters. The Kier molecular flexibility index (Phi) is 4.40. The number of hydrogen-bond donors (Lipinski definition) is 0. The van der Waals surface area contributed by atoms with Crippen molar-refractivity contribution in [2.45, 2.75) is 6.54 Å². The van der Waals surface area contributed by atoms with Crippen LogP contribution in [0.4, 0.5) is 0 Å². The minimum absolute atomic E-state index is 0.666. The third-order valence-electron chi connectivity index (χ3n) is 4.34. The van der Waals surface area contributed by atoms with Crippen molar-refractivity contribution in [3.63, 3.8) is 0 Å². The topological polar surface area (TPSA) is 50.6 Å². The predicted molar refractivity (Wildman–Crippen MR) is 85.6 cm³/mol. The SMILES string of the molecule is COc1cnc2c(c1)c(C=O)cn2CCN1CCN(C)CC1. The van der Waals surface area contributed by atoms with Gasteiger partial charge in [-0.25, -0.2) is 4.98 Å². The number of aromatic nitrogens is 2. The van der Waals surface area contributed by atoms with Crippen molar-refractivity contribution in [1.29, 1.82) is 0 Å². The minimum atomic E-state index is 0.666. The number of ether oxygens (including phenoxy) is 1. The zero-order valence-corrected chi connectivity index (χ0v) is 13.2. The fourth-order valence-electron chi connectivity index (χ4n) is 2.87. The number of piperazine rings is 1. The van der Waals surface area contributed by atoms with Crippen molar-refractivity contribution in [1.82, 2.24) is 19.4 Å². The van der Waals surface area contributed by atoms with Crippen LogP contribution in [0.15, 0.2) is 18.5 Å². The number of fused-ring (bicyclic) bond motifs is 1. The summed E-state index contributed by atoms with van der Waals surface area (Å²) in [5.41, 5.74) is 1.51. The number of carbonyl (C=O) groups is 1. The molecule has 2 aromatic rings. The van der Waals surface area contributed by atoms with Crippen LogP contribution in [0.2, 0.25) is 0 Å². The maximum atomic E-state index is 11.3. The van der Waals surface area contributed by atoms with Crippen LogP contribution in [0, 0.1) is 0 Å². The summed E-state index contributed by atoms with van der Waals surface area (Å²) in [6.45, 7) is 6.23. The number of rotatable bonds is 5. The molecule has 6 nitrogen and oxygen atoms in total. The molecule has 1 aliphatic heterocycles. The number of carbonyl (C=O) groups excluding carboxylic acids is 1. The Bertz CT molecular complexity index is 659. The number of nitrogens with zero attached hydrogens (tertiary/aromatic N) is 4. The van der Waals surface area contributed by atoms with E-state index in [4.69, 9.17) is 4.74 Å². The molecule has 0 radical (unpaired) electrons. The zero-order valence-electron chi connectivity index (χ0n) is 13.2. The van der Waals surface area contributed by atoms with Crippen LogP contribution in [-0.2, 0) is 6.54 Å². The van der Waals surface area contributed by atoms with Crippen LogP contribution < -0.4 is 4.74 Å². The molecule has 3 rings (SSSR count). The monoisotopic (exact) mass is 302 g/mol. The first-order valence-electron chi connectivity index (χ1n) is 7.60. The quantitative estimate of drug-likeness (QED) is 0.774. The van der Waals surface area contributed by atoms with Gasteiger partial charge in [0.15, 0.2) is 6.29 Å². The smallest absolute Gasteiger partial charge is 0.152 e. The van der Waals surface area contributed by atoms with Crippen LogP contribution in [0.25, 0.3) is 11.0 Å². The van der Waals surface area contributed by atoms with E-state index in [1.807, 2.05) is 12.3 Å². The van der Waals surface area contributed by atoms with Gasteiger partial charge < -0.3 is 14.2 Å². The fraction of sp³-hybridized carbons (Fsp3) is 0.500. The third kappa shape index (κ3) is 2.98. The summed E-state index contributed by atoms with van der Waals surface area (Å²) in [6, 6.07) is 1.87. The highest BCUT2D eigenvalue weighted by Gasteiger charge is 2.15. The third-order valence-corrected chi connectivity index (χ3v) is 4.34. The van der Waals surface area contributed by atoms with Gasteiger partial charge in [0, 0.05) is 56.4 Å². The molecular formula is C16H22N4O2. The second-order valence-corrected chi connectivity index (χ2v) is 5.79. The molecule has 2 aromatic heterocycles.